The summed E-state index contributed by atoms with van der Waals surface area (Å²) >= 11 is 5.82. The molecule has 0 aliphatic heterocycles. The van der Waals surface area contributed by atoms with E-state index >= 15 is 0 Å². The highest BCUT2D eigenvalue weighted by atomic mass is 35.5. The molecule has 96 valence electrons. The van der Waals surface area contributed by atoms with Crippen LogP contribution >= 0.6 is 11.6 Å². The van der Waals surface area contributed by atoms with E-state index in [4.69, 9.17) is 22.1 Å². The van der Waals surface area contributed by atoms with Crippen LogP contribution in [-0.4, -0.2) is 5.91 Å². The van der Waals surface area contributed by atoms with Crippen LogP contribution in [0.5, 0.6) is 0 Å². The first kappa shape index (κ1) is 14.5. The van der Waals surface area contributed by atoms with E-state index in [2.05, 4.69) is 10.6 Å². The third-order valence-electron chi connectivity index (χ3n) is 1.97. The van der Waals surface area contributed by atoms with E-state index < -0.39 is 11.7 Å². The lowest BCUT2D eigenvalue weighted by Crippen LogP contribution is -2.08. The third kappa shape index (κ3) is 3.98. The Morgan fingerprint density at radius 1 is 1.42 bits per heavy atom. The summed E-state index contributed by atoms with van der Waals surface area (Å²) in [5, 5.41) is 21.9. The fraction of sp³-hybridized carbons (Fsp3) is 0.0833. The van der Waals surface area contributed by atoms with Crippen LogP contribution in [0.15, 0.2) is 23.9 Å². The van der Waals surface area contributed by atoms with Crippen LogP contribution in [0.2, 0.25) is 5.02 Å². The molecule has 2 N–H and O–H groups in total. The summed E-state index contributed by atoms with van der Waals surface area (Å²) in [4.78, 5) is 10.9. The second-order valence-electron chi connectivity index (χ2n) is 3.42. The second-order valence-corrected chi connectivity index (χ2v) is 3.83. The first-order valence-corrected chi connectivity index (χ1v) is 5.39. The zero-order valence-electron chi connectivity index (χ0n) is 9.79. The molecule has 0 atom stereocenters. The number of nitrogens with zero attached hydrogens (tertiary/aromatic N) is 2. The van der Waals surface area contributed by atoms with Gasteiger partial charge in [0.05, 0.1) is 10.7 Å². The Bertz CT molecular complexity index is 589. The molecule has 19 heavy (non-hydrogen) atoms. The van der Waals surface area contributed by atoms with Crippen molar-refractivity contribution in [3.63, 3.8) is 0 Å². The van der Waals surface area contributed by atoms with Crippen LogP contribution in [-0.2, 0) is 4.79 Å². The number of allylic oxidation sites excluding steroid dienone is 1. The average molecular weight is 279 g/mol. The molecule has 0 aromatic heterocycles. The third-order valence-corrected chi connectivity index (χ3v) is 2.27. The molecule has 5 nitrogen and oxygen atoms in total. The molecular formula is C12H8ClFN4O. The van der Waals surface area contributed by atoms with Crippen LogP contribution in [0.4, 0.5) is 15.8 Å². The SMILES string of the molecule is CC(=O)Nc1c(F)cc(NC=C(C#N)C#N)cc1Cl. The molecule has 0 unspecified atom stereocenters. The number of carbonyl (C=O) groups is 1. The van der Waals surface area contributed by atoms with Gasteiger partial charge in [-0.25, -0.2) is 4.39 Å². The predicted octanol–water partition coefficient (Wildman–Crippen LogP) is 2.78. The minimum atomic E-state index is -0.728. The molecule has 1 rings (SSSR count). The highest BCUT2D eigenvalue weighted by Gasteiger charge is 2.10. The van der Waals surface area contributed by atoms with Gasteiger partial charge < -0.3 is 10.6 Å². The van der Waals surface area contributed by atoms with Crippen molar-refractivity contribution in [2.24, 2.45) is 0 Å². The van der Waals surface area contributed by atoms with Crippen molar-refractivity contribution in [3.05, 3.63) is 34.7 Å². The smallest absolute Gasteiger partial charge is 0.221 e. The Balaban J connectivity index is 3.03. The second kappa shape index (κ2) is 6.39. The van der Waals surface area contributed by atoms with Gasteiger partial charge in [-0.05, 0) is 12.1 Å². The fourth-order valence-electron chi connectivity index (χ4n) is 1.20. The Hall–Kier alpha value is -2.57. The lowest BCUT2D eigenvalue weighted by molar-refractivity contribution is -0.114. The number of anilines is 2. The summed E-state index contributed by atoms with van der Waals surface area (Å²) in [5.41, 5.74) is -0.0356. The van der Waals surface area contributed by atoms with Gasteiger partial charge in [-0.2, -0.15) is 10.5 Å². The minimum Gasteiger partial charge on any atom is -0.360 e. The van der Waals surface area contributed by atoms with Gasteiger partial charge in [-0.1, -0.05) is 11.6 Å². The molecule has 1 aromatic carbocycles. The van der Waals surface area contributed by atoms with Gasteiger partial charge in [0.25, 0.3) is 0 Å². The van der Waals surface area contributed by atoms with Crippen molar-refractivity contribution in [3.8, 4) is 12.1 Å². The van der Waals surface area contributed by atoms with Crippen molar-refractivity contribution in [1.29, 1.82) is 10.5 Å². The number of carbonyl (C=O) groups excluding carboxylic acids is 1. The quantitative estimate of drug-likeness (QED) is 0.832. The molecule has 0 saturated carbocycles. The van der Waals surface area contributed by atoms with Crippen LogP contribution in [0, 0.1) is 28.5 Å². The fourth-order valence-corrected chi connectivity index (χ4v) is 1.45. The van der Waals surface area contributed by atoms with Gasteiger partial charge in [-0.15, -0.1) is 0 Å². The zero-order valence-corrected chi connectivity index (χ0v) is 10.5. The van der Waals surface area contributed by atoms with Crippen LogP contribution in [0.25, 0.3) is 0 Å². The summed E-state index contributed by atoms with van der Waals surface area (Å²) in [5.74, 6) is -1.17. The van der Waals surface area contributed by atoms with E-state index in [-0.39, 0.29) is 22.0 Å². The minimum absolute atomic E-state index is 0.00145. The maximum absolute atomic E-state index is 13.7. The van der Waals surface area contributed by atoms with Crippen molar-refractivity contribution in [1.82, 2.24) is 0 Å². The van der Waals surface area contributed by atoms with E-state index in [9.17, 15) is 9.18 Å². The lowest BCUT2D eigenvalue weighted by Gasteiger charge is -2.09. The van der Waals surface area contributed by atoms with E-state index in [1.54, 1.807) is 12.1 Å². The number of halogens is 2. The van der Waals surface area contributed by atoms with Gasteiger partial charge in [0.2, 0.25) is 5.91 Å². The molecule has 0 spiro atoms. The highest BCUT2D eigenvalue weighted by molar-refractivity contribution is 6.34. The summed E-state index contributed by atoms with van der Waals surface area (Å²) < 4.78 is 13.7. The number of nitriles is 2. The Morgan fingerprint density at radius 3 is 2.53 bits per heavy atom. The van der Waals surface area contributed by atoms with E-state index in [1.807, 2.05) is 0 Å². The standard InChI is InChI=1S/C12H8ClFN4O/c1-7(19)18-12-10(13)2-9(3-11(12)14)17-6-8(4-15)5-16/h2-3,6,17H,1H3,(H,18,19). The topological polar surface area (TPSA) is 88.7 Å². The summed E-state index contributed by atoms with van der Waals surface area (Å²) in [6.07, 6.45) is 1.13. The Morgan fingerprint density at radius 2 is 2.05 bits per heavy atom. The lowest BCUT2D eigenvalue weighted by atomic mass is 10.2. The molecule has 0 saturated heterocycles. The molecule has 0 fully saturated rings. The molecule has 0 aliphatic carbocycles. The van der Waals surface area contributed by atoms with Gasteiger partial charge >= 0.3 is 0 Å². The maximum atomic E-state index is 13.7. The zero-order chi connectivity index (χ0) is 14.4. The van der Waals surface area contributed by atoms with Crippen LogP contribution < -0.4 is 10.6 Å². The molecule has 0 heterocycles. The molecule has 7 heteroatoms. The number of hydrogen-bond donors (Lipinski definition) is 2. The van der Waals surface area contributed by atoms with Crippen LogP contribution in [0.1, 0.15) is 6.92 Å². The predicted molar refractivity (Wildman–Crippen MR) is 68.6 cm³/mol. The summed E-state index contributed by atoms with van der Waals surface area (Å²) in [6, 6.07) is 5.73. The van der Waals surface area contributed by atoms with Crippen LogP contribution in [0.3, 0.4) is 0 Å². The van der Waals surface area contributed by atoms with E-state index in [0.29, 0.717) is 0 Å². The number of amides is 1. The largest absolute Gasteiger partial charge is 0.360 e. The number of hydrogen-bond acceptors (Lipinski definition) is 4. The van der Waals surface area contributed by atoms with Crippen molar-refractivity contribution >= 4 is 28.9 Å². The first-order chi connectivity index (χ1) is 8.97. The number of benzene rings is 1. The molecule has 0 aliphatic rings. The van der Waals surface area contributed by atoms with E-state index in [1.165, 1.54) is 13.0 Å². The summed E-state index contributed by atoms with van der Waals surface area (Å²) in [7, 11) is 0. The van der Waals surface area contributed by atoms with Crippen molar-refractivity contribution < 1.29 is 9.18 Å². The summed E-state index contributed by atoms with van der Waals surface area (Å²) in [6.45, 7) is 1.23. The monoisotopic (exact) mass is 278 g/mol. The van der Waals surface area contributed by atoms with E-state index in [0.717, 1.165) is 12.3 Å². The Kier molecular flexibility index (Phi) is 4.87. The normalized spacial score (nSPS) is 8.89. The number of nitrogens with one attached hydrogen (secondary N) is 2. The maximum Gasteiger partial charge on any atom is 0.221 e. The highest BCUT2D eigenvalue weighted by Crippen LogP contribution is 2.29. The Labute approximate surface area is 113 Å². The van der Waals surface area contributed by atoms with Crippen molar-refractivity contribution in [2.75, 3.05) is 10.6 Å². The molecular weight excluding hydrogens is 271 g/mol. The van der Waals surface area contributed by atoms with Gasteiger partial charge in [0.15, 0.2) is 0 Å². The molecule has 0 radical (unpaired) electrons. The molecule has 1 amide bonds. The molecule has 1 aromatic rings. The van der Waals surface area contributed by atoms with Gasteiger partial charge in [0, 0.05) is 18.8 Å². The average Bonchev–Trinajstić information content (AvgIpc) is 2.35. The first-order valence-electron chi connectivity index (χ1n) is 5.01. The molecule has 0 bridgehead atoms. The van der Waals surface area contributed by atoms with Gasteiger partial charge in [-0.3, -0.25) is 4.79 Å². The van der Waals surface area contributed by atoms with Crippen molar-refractivity contribution in [2.45, 2.75) is 6.92 Å². The number of rotatable bonds is 3. The van der Waals surface area contributed by atoms with Gasteiger partial charge in [0.1, 0.15) is 23.5 Å².